The quantitative estimate of drug-likeness (QED) is 0.416. The summed E-state index contributed by atoms with van der Waals surface area (Å²) in [4.78, 5) is 36.3. The first-order valence-electron chi connectivity index (χ1n) is 11.3. The van der Waals surface area contributed by atoms with Gasteiger partial charge in [-0.2, -0.15) is 0 Å². The van der Waals surface area contributed by atoms with Crippen LogP contribution in [0.4, 0.5) is 14.9 Å². The van der Waals surface area contributed by atoms with Crippen LogP contribution in [0.5, 0.6) is 0 Å². The molecule has 1 aliphatic rings. The van der Waals surface area contributed by atoms with Gasteiger partial charge in [0.15, 0.2) is 0 Å². The standard InChI is InChI=1S/C27H25FN2O5/c1-2-7-24(26(32)33)30-25(31)16-12-17(28)14-18(13-16)29-27(34)35-15-23-21-10-5-3-8-19(21)20-9-4-6-11-22(20)23/h3-6,8-14,23-24H,2,7,15H2,1H3,(H,29,34)(H,30,31)(H,32,33)/t24-/m0/s1. The van der Waals surface area contributed by atoms with Gasteiger partial charge in [0.25, 0.3) is 5.91 Å². The summed E-state index contributed by atoms with van der Waals surface area (Å²) in [6.45, 7) is 1.88. The number of fused-ring (bicyclic) bond motifs is 3. The number of aliphatic carboxylic acids is 1. The van der Waals surface area contributed by atoms with Crippen molar-refractivity contribution in [3.8, 4) is 11.1 Å². The van der Waals surface area contributed by atoms with Gasteiger partial charge in [0.1, 0.15) is 18.5 Å². The Bertz CT molecular complexity index is 1230. The van der Waals surface area contributed by atoms with Gasteiger partial charge in [-0.25, -0.2) is 14.0 Å². The fraction of sp³-hybridized carbons (Fsp3) is 0.222. The van der Waals surface area contributed by atoms with Crippen LogP contribution in [0.25, 0.3) is 11.1 Å². The smallest absolute Gasteiger partial charge is 0.411 e. The minimum absolute atomic E-state index is 0.0229. The van der Waals surface area contributed by atoms with Crippen LogP contribution < -0.4 is 10.6 Å². The van der Waals surface area contributed by atoms with Crippen molar-refractivity contribution in [2.24, 2.45) is 0 Å². The third-order valence-electron chi connectivity index (χ3n) is 5.93. The molecule has 8 heteroatoms. The van der Waals surface area contributed by atoms with Gasteiger partial charge in [-0.15, -0.1) is 0 Å². The molecule has 7 nitrogen and oxygen atoms in total. The third kappa shape index (κ3) is 5.32. The van der Waals surface area contributed by atoms with E-state index in [9.17, 15) is 23.9 Å². The van der Waals surface area contributed by atoms with Crippen molar-refractivity contribution >= 4 is 23.7 Å². The Morgan fingerprint density at radius 3 is 2.23 bits per heavy atom. The van der Waals surface area contributed by atoms with Crippen molar-refractivity contribution in [3.05, 3.63) is 89.2 Å². The molecule has 0 unspecified atom stereocenters. The fourth-order valence-corrected chi connectivity index (χ4v) is 4.33. The lowest BCUT2D eigenvalue weighted by molar-refractivity contribution is -0.139. The van der Waals surface area contributed by atoms with E-state index in [0.29, 0.717) is 6.42 Å². The number of halogens is 1. The normalized spacial score (nSPS) is 12.9. The number of carboxylic acid groups (broad SMARTS) is 1. The molecular formula is C27H25FN2O5. The number of rotatable bonds is 8. The zero-order valence-corrected chi connectivity index (χ0v) is 19.1. The molecule has 4 rings (SSSR count). The Hall–Kier alpha value is -4.20. The zero-order chi connectivity index (χ0) is 24.9. The van der Waals surface area contributed by atoms with Crippen molar-refractivity contribution in [3.63, 3.8) is 0 Å². The van der Waals surface area contributed by atoms with Crippen molar-refractivity contribution < 1.29 is 28.6 Å². The summed E-state index contributed by atoms with van der Waals surface area (Å²) in [6, 6.07) is 18.1. The number of ether oxygens (including phenoxy) is 1. The summed E-state index contributed by atoms with van der Waals surface area (Å²) in [5.41, 5.74) is 4.23. The van der Waals surface area contributed by atoms with E-state index in [2.05, 4.69) is 10.6 Å². The molecule has 1 atom stereocenters. The van der Waals surface area contributed by atoms with Crippen LogP contribution in [0.2, 0.25) is 0 Å². The molecule has 1 aliphatic carbocycles. The first kappa shape index (κ1) is 23.9. The van der Waals surface area contributed by atoms with Crippen LogP contribution in [-0.4, -0.2) is 35.7 Å². The molecular weight excluding hydrogens is 451 g/mol. The van der Waals surface area contributed by atoms with Crippen molar-refractivity contribution in [1.29, 1.82) is 0 Å². The van der Waals surface area contributed by atoms with E-state index in [-0.39, 0.29) is 30.2 Å². The van der Waals surface area contributed by atoms with E-state index in [1.165, 1.54) is 6.07 Å². The highest BCUT2D eigenvalue weighted by Crippen LogP contribution is 2.44. The fourth-order valence-electron chi connectivity index (χ4n) is 4.33. The van der Waals surface area contributed by atoms with Gasteiger partial charge in [-0.05, 0) is 46.9 Å². The topological polar surface area (TPSA) is 105 Å². The molecule has 0 spiro atoms. The summed E-state index contributed by atoms with van der Waals surface area (Å²) < 4.78 is 19.6. The third-order valence-corrected chi connectivity index (χ3v) is 5.93. The largest absolute Gasteiger partial charge is 0.480 e. The summed E-state index contributed by atoms with van der Waals surface area (Å²) in [5, 5.41) is 14.1. The van der Waals surface area contributed by atoms with Crippen LogP contribution >= 0.6 is 0 Å². The Kier molecular flexibility index (Phi) is 7.10. The van der Waals surface area contributed by atoms with Crippen LogP contribution in [-0.2, 0) is 9.53 Å². The second-order valence-electron chi connectivity index (χ2n) is 8.33. The highest BCUT2D eigenvalue weighted by Gasteiger charge is 2.29. The molecule has 2 amide bonds. The Balaban J connectivity index is 1.43. The Labute approximate surface area is 201 Å². The summed E-state index contributed by atoms with van der Waals surface area (Å²) in [7, 11) is 0. The number of carbonyl (C=O) groups excluding carboxylic acids is 2. The van der Waals surface area contributed by atoms with Crippen LogP contribution in [0.1, 0.15) is 47.2 Å². The summed E-state index contributed by atoms with van der Waals surface area (Å²) >= 11 is 0. The molecule has 0 aromatic heterocycles. The SMILES string of the molecule is CCC[C@H](NC(=O)c1cc(F)cc(NC(=O)OCC2c3ccccc3-c3ccccc32)c1)C(=O)O. The predicted molar refractivity (Wildman–Crippen MR) is 129 cm³/mol. The average Bonchev–Trinajstić information content (AvgIpc) is 3.15. The molecule has 35 heavy (non-hydrogen) atoms. The maximum atomic E-state index is 14.2. The van der Waals surface area contributed by atoms with Gasteiger partial charge in [-0.3, -0.25) is 10.1 Å². The van der Waals surface area contributed by atoms with Gasteiger partial charge in [0.2, 0.25) is 0 Å². The Morgan fingerprint density at radius 1 is 1.00 bits per heavy atom. The van der Waals surface area contributed by atoms with Crippen molar-refractivity contribution in [2.45, 2.75) is 31.7 Å². The molecule has 180 valence electrons. The molecule has 0 saturated heterocycles. The average molecular weight is 477 g/mol. The number of amides is 2. The maximum Gasteiger partial charge on any atom is 0.411 e. The number of anilines is 1. The van der Waals surface area contributed by atoms with E-state index in [0.717, 1.165) is 34.4 Å². The van der Waals surface area contributed by atoms with Crippen molar-refractivity contribution in [1.82, 2.24) is 5.32 Å². The minimum Gasteiger partial charge on any atom is -0.480 e. The molecule has 0 radical (unpaired) electrons. The highest BCUT2D eigenvalue weighted by molar-refractivity contribution is 5.98. The Morgan fingerprint density at radius 2 is 1.63 bits per heavy atom. The maximum absolute atomic E-state index is 14.2. The van der Waals surface area contributed by atoms with E-state index >= 15 is 0 Å². The van der Waals surface area contributed by atoms with E-state index in [1.54, 1.807) is 6.92 Å². The minimum atomic E-state index is -1.17. The number of benzene rings is 3. The summed E-state index contributed by atoms with van der Waals surface area (Å²) in [5.74, 6) is -2.81. The predicted octanol–water partition coefficient (Wildman–Crippen LogP) is 5.17. The molecule has 3 aromatic rings. The molecule has 3 N–H and O–H groups in total. The summed E-state index contributed by atoms with van der Waals surface area (Å²) in [6.07, 6.45) is -0.00539. The van der Waals surface area contributed by atoms with Crippen LogP contribution in [0.15, 0.2) is 66.7 Å². The number of carboxylic acids is 1. The zero-order valence-electron chi connectivity index (χ0n) is 19.1. The lowest BCUT2D eigenvalue weighted by Gasteiger charge is -2.15. The molecule has 3 aromatic carbocycles. The second-order valence-corrected chi connectivity index (χ2v) is 8.33. The van der Waals surface area contributed by atoms with Gasteiger partial charge >= 0.3 is 12.1 Å². The second kappa shape index (κ2) is 10.4. The van der Waals surface area contributed by atoms with Crippen molar-refractivity contribution in [2.75, 3.05) is 11.9 Å². The van der Waals surface area contributed by atoms with Gasteiger partial charge in [-0.1, -0.05) is 61.9 Å². The lowest BCUT2D eigenvalue weighted by Crippen LogP contribution is -2.40. The van der Waals surface area contributed by atoms with Crippen LogP contribution in [0, 0.1) is 5.82 Å². The monoisotopic (exact) mass is 476 g/mol. The van der Waals surface area contributed by atoms with Gasteiger partial charge < -0.3 is 15.2 Å². The number of hydrogen-bond donors (Lipinski definition) is 3. The first-order chi connectivity index (χ1) is 16.9. The number of nitrogens with one attached hydrogen (secondary N) is 2. The van der Waals surface area contributed by atoms with E-state index in [1.807, 2.05) is 48.5 Å². The van der Waals surface area contributed by atoms with E-state index < -0.39 is 29.8 Å². The van der Waals surface area contributed by atoms with Crippen LogP contribution in [0.3, 0.4) is 0 Å². The first-order valence-corrected chi connectivity index (χ1v) is 11.3. The molecule has 0 saturated carbocycles. The molecule has 0 fully saturated rings. The highest BCUT2D eigenvalue weighted by atomic mass is 19.1. The van der Waals surface area contributed by atoms with E-state index in [4.69, 9.17) is 4.74 Å². The van der Waals surface area contributed by atoms with Gasteiger partial charge in [0.05, 0.1) is 0 Å². The number of hydrogen-bond acceptors (Lipinski definition) is 4. The molecule has 0 heterocycles. The molecule has 0 aliphatic heterocycles. The van der Waals surface area contributed by atoms with Gasteiger partial charge in [0, 0.05) is 17.2 Å². The molecule has 0 bridgehead atoms. The number of carbonyl (C=O) groups is 3. The lowest BCUT2D eigenvalue weighted by atomic mass is 9.98.